The normalized spacial score (nSPS) is 11.2. The summed E-state index contributed by atoms with van der Waals surface area (Å²) in [5.41, 5.74) is 0.973. The lowest BCUT2D eigenvalue weighted by Gasteiger charge is -2.10. The van der Waals surface area contributed by atoms with E-state index in [2.05, 4.69) is 55.2 Å². The zero-order valence-corrected chi connectivity index (χ0v) is 16.7. The van der Waals surface area contributed by atoms with E-state index in [1.807, 2.05) is 6.07 Å². The minimum absolute atomic E-state index is 0.707. The number of ether oxygens (including phenoxy) is 2. The second-order valence-corrected chi connectivity index (χ2v) is 7.13. The van der Waals surface area contributed by atoms with Gasteiger partial charge < -0.3 is 9.47 Å². The third kappa shape index (κ3) is 5.35. The number of benzene rings is 2. The minimum Gasteiger partial charge on any atom is -0.494 e. The fraction of sp³-hybridized carbons (Fsp3) is 0.458. The van der Waals surface area contributed by atoms with Crippen LogP contribution in [0.3, 0.4) is 0 Å². The fourth-order valence-corrected chi connectivity index (χ4v) is 3.29. The van der Waals surface area contributed by atoms with Gasteiger partial charge in [-0.05, 0) is 47.9 Å². The summed E-state index contributed by atoms with van der Waals surface area (Å²) in [6, 6.07) is 14.6. The number of hydrogen-bond acceptors (Lipinski definition) is 3. The molecule has 3 heteroatoms. The summed E-state index contributed by atoms with van der Waals surface area (Å²) in [5, 5.41) is 3.55. The molecule has 0 bridgehead atoms. The molecule has 0 aliphatic rings. The monoisotopic (exact) mass is 365 g/mol. The van der Waals surface area contributed by atoms with Crippen LogP contribution in [0.25, 0.3) is 21.7 Å². The first-order valence-electron chi connectivity index (χ1n) is 10.4. The molecule has 0 amide bonds. The third-order valence-electron chi connectivity index (χ3n) is 4.90. The number of pyridine rings is 1. The Morgan fingerprint density at radius 3 is 2.33 bits per heavy atom. The molecule has 1 heterocycles. The summed E-state index contributed by atoms with van der Waals surface area (Å²) in [7, 11) is 0. The fourth-order valence-electron chi connectivity index (χ4n) is 3.29. The van der Waals surface area contributed by atoms with Crippen molar-refractivity contribution in [3.63, 3.8) is 0 Å². The molecular weight excluding hydrogens is 334 g/mol. The highest BCUT2D eigenvalue weighted by atomic mass is 16.5. The average Bonchev–Trinajstić information content (AvgIpc) is 2.70. The van der Waals surface area contributed by atoms with Gasteiger partial charge in [0, 0.05) is 11.5 Å². The Hall–Kier alpha value is -2.29. The molecule has 0 saturated heterocycles. The van der Waals surface area contributed by atoms with Crippen molar-refractivity contribution < 1.29 is 9.47 Å². The molecule has 0 N–H and O–H groups in total. The number of aromatic nitrogens is 1. The zero-order chi connectivity index (χ0) is 18.9. The van der Waals surface area contributed by atoms with Crippen molar-refractivity contribution in [1.82, 2.24) is 4.98 Å². The molecule has 3 rings (SSSR count). The molecule has 0 unspecified atom stereocenters. The average molecular weight is 366 g/mol. The van der Waals surface area contributed by atoms with Crippen LogP contribution in [0.2, 0.25) is 0 Å². The summed E-state index contributed by atoms with van der Waals surface area (Å²) in [4.78, 5) is 4.65. The molecule has 1 aromatic heterocycles. The van der Waals surface area contributed by atoms with Gasteiger partial charge in [0.1, 0.15) is 5.75 Å². The van der Waals surface area contributed by atoms with Gasteiger partial charge in [0.2, 0.25) is 5.88 Å². The predicted molar refractivity (Wildman–Crippen MR) is 114 cm³/mol. The minimum atomic E-state index is 0.707. The van der Waals surface area contributed by atoms with Crippen molar-refractivity contribution >= 4 is 21.7 Å². The SMILES string of the molecule is CCCCCCCOc1ccc2c(ccc3nc(OCCCC)ccc32)c1. The molecule has 27 heavy (non-hydrogen) atoms. The first-order chi connectivity index (χ1) is 13.3. The Labute approximate surface area is 162 Å². The summed E-state index contributed by atoms with van der Waals surface area (Å²) in [5.74, 6) is 1.66. The molecule has 3 nitrogen and oxygen atoms in total. The maximum absolute atomic E-state index is 5.94. The van der Waals surface area contributed by atoms with Gasteiger partial charge in [-0.25, -0.2) is 4.98 Å². The van der Waals surface area contributed by atoms with Crippen LogP contribution in [-0.2, 0) is 0 Å². The molecule has 0 radical (unpaired) electrons. The Kier molecular flexibility index (Phi) is 7.32. The molecular formula is C24H31NO2. The van der Waals surface area contributed by atoms with Gasteiger partial charge >= 0.3 is 0 Å². The lowest BCUT2D eigenvalue weighted by molar-refractivity contribution is 0.299. The van der Waals surface area contributed by atoms with Crippen molar-refractivity contribution in [2.75, 3.05) is 13.2 Å². The Bertz CT molecular complexity index is 859. The van der Waals surface area contributed by atoms with Crippen molar-refractivity contribution in [3.05, 3.63) is 42.5 Å². The van der Waals surface area contributed by atoms with E-state index in [1.165, 1.54) is 36.5 Å². The van der Waals surface area contributed by atoms with E-state index in [-0.39, 0.29) is 0 Å². The van der Waals surface area contributed by atoms with Crippen molar-refractivity contribution in [3.8, 4) is 11.6 Å². The first-order valence-corrected chi connectivity index (χ1v) is 10.4. The van der Waals surface area contributed by atoms with Gasteiger partial charge in [-0.15, -0.1) is 0 Å². The van der Waals surface area contributed by atoms with Gasteiger partial charge in [-0.2, -0.15) is 0 Å². The molecule has 144 valence electrons. The van der Waals surface area contributed by atoms with Crippen LogP contribution in [0.4, 0.5) is 0 Å². The zero-order valence-electron chi connectivity index (χ0n) is 16.7. The van der Waals surface area contributed by atoms with Gasteiger partial charge in [0.05, 0.1) is 18.7 Å². The second-order valence-electron chi connectivity index (χ2n) is 7.13. The van der Waals surface area contributed by atoms with Crippen molar-refractivity contribution in [2.45, 2.75) is 58.8 Å². The van der Waals surface area contributed by atoms with Crippen LogP contribution < -0.4 is 9.47 Å². The van der Waals surface area contributed by atoms with Gasteiger partial charge in [-0.3, -0.25) is 0 Å². The van der Waals surface area contributed by atoms with Gasteiger partial charge in [0.15, 0.2) is 0 Å². The highest BCUT2D eigenvalue weighted by Crippen LogP contribution is 2.29. The van der Waals surface area contributed by atoms with E-state index in [0.717, 1.165) is 49.1 Å². The lowest BCUT2D eigenvalue weighted by atomic mass is 10.0. The van der Waals surface area contributed by atoms with E-state index in [0.29, 0.717) is 5.88 Å². The first kappa shape index (κ1) is 19.5. The van der Waals surface area contributed by atoms with E-state index < -0.39 is 0 Å². The molecule has 0 spiro atoms. The second kappa shape index (κ2) is 10.1. The molecule has 0 fully saturated rings. The highest BCUT2D eigenvalue weighted by molar-refractivity contribution is 6.06. The number of rotatable bonds is 11. The van der Waals surface area contributed by atoms with E-state index in [9.17, 15) is 0 Å². The van der Waals surface area contributed by atoms with E-state index in [4.69, 9.17) is 9.47 Å². The highest BCUT2D eigenvalue weighted by Gasteiger charge is 2.05. The largest absolute Gasteiger partial charge is 0.494 e. The third-order valence-corrected chi connectivity index (χ3v) is 4.90. The Balaban J connectivity index is 1.68. The van der Waals surface area contributed by atoms with Crippen molar-refractivity contribution in [2.24, 2.45) is 0 Å². The van der Waals surface area contributed by atoms with Gasteiger partial charge in [-0.1, -0.05) is 58.1 Å². The molecule has 2 aromatic carbocycles. The standard InChI is InChI=1S/C24H31NO2/c1-3-5-7-8-9-17-26-20-11-12-21-19(18-20)10-14-23-22(21)13-15-24(25-23)27-16-6-4-2/h10-15,18H,3-9,16-17H2,1-2H3. The number of fused-ring (bicyclic) bond motifs is 3. The topological polar surface area (TPSA) is 31.4 Å². The molecule has 0 saturated carbocycles. The quantitative estimate of drug-likeness (QED) is 0.273. The van der Waals surface area contributed by atoms with Crippen LogP contribution in [-0.4, -0.2) is 18.2 Å². The predicted octanol–water partition coefficient (Wildman–Crippen LogP) is 6.92. The molecule has 0 aliphatic carbocycles. The van der Waals surface area contributed by atoms with Crippen LogP contribution in [0.15, 0.2) is 42.5 Å². The number of nitrogens with zero attached hydrogens (tertiary/aromatic N) is 1. The molecule has 0 aliphatic heterocycles. The van der Waals surface area contributed by atoms with Crippen LogP contribution in [0, 0.1) is 0 Å². The smallest absolute Gasteiger partial charge is 0.213 e. The Morgan fingerprint density at radius 2 is 1.48 bits per heavy atom. The lowest BCUT2D eigenvalue weighted by Crippen LogP contribution is -1.98. The maximum atomic E-state index is 5.94. The van der Waals surface area contributed by atoms with E-state index in [1.54, 1.807) is 0 Å². The van der Waals surface area contributed by atoms with Crippen LogP contribution in [0.1, 0.15) is 58.8 Å². The van der Waals surface area contributed by atoms with E-state index >= 15 is 0 Å². The molecule has 0 atom stereocenters. The summed E-state index contributed by atoms with van der Waals surface area (Å²) in [6.07, 6.45) is 8.46. The maximum Gasteiger partial charge on any atom is 0.213 e. The van der Waals surface area contributed by atoms with Crippen LogP contribution >= 0.6 is 0 Å². The summed E-state index contributed by atoms with van der Waals surface area (Å²) >= 11 is 0. The number of unbranched alkanes of at least 4 members (excludes halogenated alkanes) is 5. The summed E-state index contributed by atoms with van der Waals surface area (Å²) in [6.45, 7) is 5.92. The van der Waals surface area contributed by atoms with Crippen LogP contribution in [0.5, 0.6) is 11.6 Å². The van der Waals surface area contributed by atoms with Gasteiger partial charge in [0.25, 0.3) is 0 Å². The number of hydrogen-bond donors (Lipinski definition) is 0. The van der Waals surface area contributed by atoms with Crippen molar-refractivity contribution in [1.29, 1.82) is 0 Å². The summed E-state index contributed by atoms with van der Waals surface area (Å²) < 4.78 is 11.7. The molecule has 3 aromatic rings. The Morgan fingerprint density at radius 1 is 0.704 bits per heavy atom.